The Morgan fingerprint density at radius 3 is 2.76 bits per heavy atom. The van der Waals surface area contributed by atoms with Gasteiger partial charge in [-0.1, -0.05) is 17.4 Å². The van der Waals surface area contributed by atoms with Gasteiger partial charge in [-0.05, 0) is 37.9 Å². The molecule has 0 amide bonds. The van der Waals surface area contributed by atoms with Crippen LogP contribution in [0.2, 0.25) is 0 Å². The number of halogens is 2. The Labute approximate surface area is 117 Å². The van der Waals surface area contributed by atoms with Gasteiger partial charge in [0, 0.05) is 11.4 Å². The second-order valence-corrected chi connectivity index (χ2v) is 5.37. The number of nitro benzene ring substituents is 1. The largest absolute Gasteiger partial charge is 0.422 e. The number of hydrogen-bond donors (Lipinski definition) is 0. The summed E-state index contributed by atoms with van der Waals surface area (Å²) in [4.78, 5) is 14.4. The van der Waals surface area contributed by atoms with Crippen molar-refractivity contribution in [2.45, 2.75) is 0 Å². The zero-order chi connectivity index (χ0) is 12.4. The highest BCUT2D eigenvalue weighted by molar-refractivity contribution is 9.10. The summed E-state index contributed by atoms with van der Waals surface area (Å²) in [7, 11) is 0. The lowest BCUT2D eigenvalue weighted by Gasteiger charge is -2.04. The van der Waals surface area contributed by atoms with Gasteiger partial charge in [0.05, 0.1) is 9.40 Å². The molecule has 2 aromatic rings. The second-order valence-electron chi connectivity index (χ2n) is 2.88. The van der Waals surface area contributed by atoms with Crippen LogP contribution in [0.3, 0.4) is 0 Å². The molecule has 0 bridgehead atoms. The van der Waals surface area contributed by atoms with Gasteiger partial charge in [-0.25, -0.2) is 0 Å². The maximum atomic E-state index is 10.8. The van der Waals surface area contributed by atoms with Crippen LogP contribution in [0, 0.1) is 10.1 Å². The summed E-state index contributed by atoms with van der Waals surface area (Å²) >= 11 is 7.65. The van der Waals surface area contributed by atoms with Crippen molar-refractivity contribution in [2.75, 3.05) is 0 Å². The van der Waals surface area contributed by atoms with Crippen LogP contribution in [0.4, 0.5) is 5.69 Å². The average molecular weight is 380 g/mol. The highest BCUT2D eigenvalue weighted by Crippen LogP contribution is 2.39. The molecule has 0 spiro atoms. The first kappa shape index (κ1) is 12.5. The molecular weight excluding hydrogens is 376 g/mol. The molecule has 8 heteroatoms. The smallest absolute Gasteiger partial charge is 0.312 e. The van der Waals surface area contributed by atoms with Gasteiger partial charge < -0.3 is 4.74 Å². The number of nitrogens with zero attached hydrogens (tertiary/aromatic N) is 2. The molecule has 88 valence electrons. The molecule has 0 N–H and O–H groups in total. The Balaban J connectivity index is 2.40. The molecule has 0 fully saturated rings. The minimum absolute atomic E-state index is 0.106. The number of thiazole rings is 1. The Kier molecular flexibility index (Phi) is 3.75. The fourth-order valence-corrected chi connectivity index (χ4v) is 2.64. The Bertz CT molecular complexity index is 573. The molecule has 1 aromatic carbocycles. The first-order chi connectivity index (χ1) is 8.08. The SMILES string of the molecule is O=[N+]([O-])c1cccc(Br)c1Oc1nc(Br)cs1. The van der Waals surface area contributed by atoms with E-state index in [1.54, 1.807) is 17.5 Å². The molecule has 0 aliphatic heterocycles. The monoisotopic (exact) mass is 378 g/mol. The van der Waals surface area contributed by atoms with E-state index in [9.17, 15) is 10.1 Å². The minimum atomic E-state index is -0.497. The molecule has 0 aliphatic carbocycles. The number of nitro groups is 1. The number of aromatic nitrogens is 1. The third-order valence-electron chi connectivity index (χ3n) is 1.79. The fourth-order valence-electron chi connectivity index (χ4n) is 1.12. The molecule has 0 radical (unpaired) electrons. The van der Waals surface area contributed by atoms with Crippen LogP contribution >= 0.6 is 43.2 Å². The Hall–Kier alpha value is -0.990. The van der Waals surface area contributed by atoms with Crippen LogP contribution in [0.25, 0.3) is 0 Å². The molecule has 0 atom stereocenters. The van der Waals surface area contributed by atoms with Gasteiger partial charge in [0.2, 0.25) is 5.75 Å². The van der Waals surface area contributed by atoms with Crippen molar-refractivity contribution in [3.05, 3.63) is 42.8 Å². The quantitative estimate of drug-likeness (QED) is 0.586. The van der Waals surface area contributed by atoms with E-state index in [1.807, 2.05) is 0 Å². The highest BCUT2D eigenvalue weighted by atomic mass is 79.9. The zero-order valence-corrected chi connectivity index (χ0v) is 12.1. The van der Waals surface area contributed by atoms with E-state index in [1.165, 1.54) is 17.4 Å². The normalized spacial score (nSPS) is 10.2. The summed E-state index contributed by atoms with van der Waals surface area (Å²) in [5.74, 6) is 0.152. The van der Waals surface area contributed by atoms with E-state index in [0.29, 0.717) is 14.3 Å². The van der Waals surface area contributed by atoms with Gasteiger partial charge in [-0.15, -0.1) is 0 Å². The molecule has 17 heavy (non-hydrogen) atoms. The van der Waals surface area contributed by atoms with E-state index in [-0.39, 0.29) is 11.4 Å². The third-order valence-corrected chi connectivity index (χ3v) is 3.84. The lowest BCUT2D eigenvalue weighted by Crippen LogP contribution is -1.93. The summed E-state index contributed by atoms with van der Waals surface area (Å²) in [6, 6.07) is 4.63. The Morgan fingerprint density at radius 2 is 2.18 bits per heavy atom. The molecule has 1 heterocycles. The lowest BCUT2D eigenvalue weighted by molar-refractivity contribution is -0.385. The standard InChI is InChI=1S/C9H4Br2N2O3S/c10-5-2-1-3-6(13(14)15)8(5)16-9-12-7(11)4-17-9/h1-4H. The van der Waals surface area contributed by atoms with Gasteiger partial charge in [-0.2, -0.15) is 4.98 Å². The van der Waals surface area contributed by atoms with E-state index < -0.39 is 4.92 Å². The predicted molar refractivity (Wildman–Crippen MR) is 70.7 cm³/mol. The van der Waals surface area contributed by atoms with Crippen LogP contribution in [0.5, 0.6) is 10.9 Å². The lowest BCUT2D eigenvalue weighted by atomic mass is 10.3. The van der Waals surface area contributed by atoms with Gasteiger partial charge in [0.15, 0.2) is 0 Å². The minimum Gasteiger partial charge on any atom is -0.422 e. The molecule has 5 nitrogen and oxygen atoms in total. The molecule has 0 saturated heterocycles. The van der Waals surface area contributed by atoms with Crippen LogP contribution in [-0.4, -0.2) is 9.91 Å². The average Bonchev–Trinajstić information content (AvgIpc) is 2.67. The van der Waals surface area contributed by atoms with E-state index in [2.05, 4.69) is 36.8 Å². The summed E-state index contributed by atoms with van der Waals surface area (Å²) in [5, 5.41) is 12.9. The first-order valence-corrected chi connectivity index (χ1v) is 6.76. The number of para-hydroxylation sites is 1. The van der Waals surface area contributed by atoms with Crippen molar-refractivity contribution >= 4 is 48.9 Å². The fraction of sp³-hybridized carbons (Fsp3) is 0. The van der Waals surface area contributed by atoms with E-state index >= 15 is 0 Å². The second kappa shape index (κ2) is 5.11. The first-order valence-electron chi connectivity index (χ1n) is 4.29. The third kappa shape index (κ3) is 2.82. The van der Waals surface area contributed by atoms with Crippen molar-refractivity contribution < 1.29 is 9.66 Å². The molecule has 2 rings (SSSR count). The maximum Gasteiger partial charge on any atom is 0.312 e. The molecular formula is C9H4Br2N2O3S. The van der Waals surface area contributed by atoms with Crippen molar-refractivity contribution in [3.8, 4) is 10.9 Å². The number of rotatable bonds is 3. The van der Waals surface area contributed by atoms with Crippen molar-refractivity contribution in [1.82, 2.24) is 4.98 Å². The van der Waals surface area contributed by atoms with Crippen LogP contribution in [0.15, 0.2) is 32.7 Å². The van der Waals surface area contributed by atoms with E-state index in [0.717, 1.165) is 0 Å². The van der Waals surface area contributed by atoms with Crippen LogP contribution in [0.1, 0.15) is 0 Å². The van der Waals surface area contributed by atoms with Crippen molar-refractivity contribution in [3.63, 3.8) is 0 Å². The summed E-state index contributed by atoms with van der Waals surface area (Å²) < 4.78 is 6.56. The number of benzene rings is 1. The number of hydrogen-bond acceptors (Lipinski definition) is 5. The van der Waals surface area contributed by atoms with Gasteiger partial charge in [0.25, 0.3) is 5.19 Å². The van der Waals surface area contributed by atoms with Gasteiger partial charge in [0.1, 0.15) is 4.60 Å². The van der Waals surface area contributed by atoms with Crippen LogP contribution in [-0.2, 0) is 0 Å². The maximum absolute atomic E-state index is 10.8. The molecule has 0 unspecified atom stereocenters. The Morgan fingerprint density at radius 1 is 1.41 bits per heavy atom. The highest BCUT2D eigenvalue weighted by Gasteiger charge is 2.19. The molecule has 0 saturated carbocycles. The number of ether oxygens (including phenoxy) is 1. The predicted octanol–water partition coefficient (Wildman–Crippen LogP) is 4.37. The molecule has 0 aliphatic rings. The van der Waals surface area contributed by atoms with Crippen LogP contribution < -0.4 is 4.74 Å². The zero-order valence-electron chi connectivity index (χ0n) is 8.09. The van der Waals surface area contributed by atoms with Crippen molar-refractivity contribution in [1.29, 1.82) is 0 Å². The summed E-state index contributed by atoms with van der Waals surface area (Å²) in [6.07, 6.45) is 0. The van der Waals surface area contributed by atoms with E-state index in [4.69, 9.17) is 4.74 Å². The van der Waals surface area contributed by atoms with Gasteiger partial charge in [-0.3, -0.25) is 10.1 Å². The molecule has 1 aromatic heterocycles. The summed E-state index contributed by atoms with van der Waals surface area (Å²) in [5.41, 5.74) is -0.106. The van der Waals surface area contributed by atoms with Crippen molar-refractivity contribution in [2.24, 2.45) is 0 Å². The van der Waals surface area contributed by atoms with Gasteiger partial charge >= 0.3 is 5.69 Å². The topological polar surface area (TPSA) is 65.3 Å². The summed E-state index contributed by atoms with van der Waals surface area (Å²) in [6.45, 7) is 0.